The van der Waals surface area contributed by atoms with Crippen LogP contribution in [0.2, 0.25) is 0 Å². The minimum absolute atomic E-state index is 0.103. The third-order valence-corrected chi connectivity index (χ3v) is 19.5. The van der Waals surface area contributed by atoms with Gasteiger partial charge < -0.3 is 33.8 Å². The second-order valence-electron chi connectivity index (χ2n) is 27.4. The number of aliphatic hydroxyl groups excluding tert-OH is 1. The molecular weight excluding hydrogens is 1220 g/mol. The summed E-state index contributed by atoms with van der Waals surface area (Å²) in [5.74, 6) is -0.606. The molecule has 19 heteroatoms. The van der Waals surface area contributed by atoms with Crippen LogP contribution in [0.1, 0.15) is 382 Å². The minimum atomic E-state index is -4.96. The number of phosphoric acid groups is 2. The van der Waals surface area contributed by atoms with Crippen molar-refractivity contribution in [2.45, 2.75) is 400 Å². The maximum Gasteiger partial charge on any atom is 0.472 e. The summed E-state index contributed by atoms with van der Waals surface area (Å²) in [4.78, 5) is 72.6. The average Bonchev–Trinajstić information content (AvgIpc) is 3.12. The normalized spacial score (nSPS) is 14.3. The first-order valence-electron chi connectivity index (χ1n) is 38.5. The number of ether oxygens (including phenoxy) is 4. The zero-order chi connectivity index (χ0) is 68.6. The zero-order valence-corrected chi connectivity index (χ0v) is 62.3. The number of hydrogen-bond donors (Lipinski definition) is 3. The Kier molecular flexibility index (Phi) is 64.6. The van der Waals surface area contributed by atoms with Gasteiger partial charge in [0.2, 0.25) is 0 Å². The highest BCUT2D eigenvalue weighted by molar-refractivity contribution is 7.47. The molecule has 552 valence electrons. The molecule has 0 fully saturated rings. The fourth-order valence-corrected chi connectivity index (χ4v) is 12.8. The van der Waals surface area contributed by atoms with E-state index in [1.807, 2.05) is 0 Å². The SMILES string of the molecule is CCCCCCCCCCCCCCCCCCCC(=O)OC[C@H](COP(=O)(O)OC[C@@H](O)COP(=O)(O)OC[C@@H](COC(=O)CCCCCCCCCCC)OC(=O)CCCCCCCCC(C)CC)OC(=O)CCCCCCCCCCCCCCCCC(C)C. The number of unbranched alkanes of at least 4 members (excludes halogenated alkanes) is 42. The third-order valence-electron chi connectivity index (χ3n) is 17.6. The maximum absolute atomic E-state index is 13.1. The third kappa shape index (κ3) is 67.0. The van der Waals surface area contributed by atoms with Gasteiger partial charge in [-0.2, -0.15) is 0 Å². The number of hydrogen-bond acceptors (Lipinski definition) is 15. The first kappa shape index (κ1) is 91.1. The summed E-state index contributed by atoms with van der Waals surface area (Å²) in [6.45, 7) is 9.54. The molecule has 0 heterocycles. The van der Waals surface area contributed by atoms with E-state index in [1.54, 1.807) is 0 Å². The molecule has 0 saturated heterocycles. The highest BCUT2D eigenvalue weighted by Crippen LogP contribution is 2.45. The first-order valence-corrected chi connectivity index (χ1v) is 41.5. The Labute approximate surface area is 568 Å². The molecule has 0 aliphatic rings. The van der Waals surface area contributed by atoms with E-state index in [0.29, 0.717) is 25.7 Å². The molecule has 6 atom stereocenters. The lowest BCUT2D eigenvalue weighted by atomic mass is 10.00. The van der Waals surface area contributed by atoms with Crippen molar-refractivity contribution in [2.75, 3.05) is 39.6 Å². The van der Waals surface area contributed by atoms with Crippen LogP contribution in [-0.4, -0.2) is 96.7 Å². The van der Waals surface area contributed by atoms with E-state index < -0.39 is 97.5 Å². The largest absolute Gasteiger partial charge is 0.472 e. The van der Waals surface area contributed by atoms with Crippen molar-refractivity contribution < 1.29 is 80.2 Å². The number of carbonyl (C=O) groups is 4. The molecule has 3 unspecified atom stereocenters. The summed E-state index contributed by atoms with van der Waals surface area (Å²) in [5, 5.41) is 10.6. The van der Waals surface area contributed by atoms with Crippen LogP contribution in [0.4, 0.5) is 0 Å². The number of phosphoric ester groups is 2. The molecule has 0 aromatic rings. The number of rotatable bonds is 73. The summed E-state index contributed by atoms with van der Waals surface area (Å²) < 4.78 is 68.4. The van der Waals surface area contributed by atoms with Crippen LogP contribution in [0.15, 0.2) is 0 Å². The van der Waals surface area contributed by atoms with Gasteiger partial charge in [-0.15, -0.1) is 0 Å². The molecule has 0 spiro atoms. The van der Waals surface area contributed by atoms with E-state index in [2.05, 4.69) is 41.5 Å². The Morgan fingerprint density at radius 2 is 0.548 bits per heavy atom. The predicted molar refractivity (Wildman–Crippen MR) is 377 cm³/mol. The lowest BCUT2D eigenvalue weighted by molar-refractivity contribution is -0.161. The van der Waals surface area contributed by atoms with Crippen molar-refractivity contribution in [1.82, 2.24) is 0 Å². The van der Waals surface area contributed by atoms with Gasteiger partial charge in [-0.3, -0.25) is 37.3 Å². The Bertz CT molecular complexity index is 1810. The fourth-order valence-electron chi connectivity index (χ4n) is 11.3. The monoisotopic (exact) mass is 1370 g/mol. The zero-order valence-electron chi connectivity index (χ0n) is 60.6. The Morgan fingerprint density at radius 1 is 0.312 bits per heavy atom. The standard InChI is InChI=1S/C74H144O17P2/c1-7-10-12-14-16-18-19-20-21-22-23-27-30-34-38-45-51-57-72(77)85-62-69(90-73(78)58-52-46-39-35-31-28-25-24-26-29-33-36-42-48-54-66(4)5)64-88-92(80,81)86-60-68(75)61-87-93(82,83)89-65-70(63-84-71(76)56-50-44-37-32-17-15-13-11-8-2)91-74(79)59-53-47-41-40-43-49-55-67(6)9-3/h66-70,75H,7-65H2,1-6H3,(H,80,81)(H,82,83)/t67?,68-,69-,70-/m1/s1. The van der Waals surface area contributed by atoms with Crippen LogP contribution in [0.25, 0.3) is 0 Å². The van der Waals surface area contributed by atoms with Crippen LogP contribution in [0.3, 0.4) is 0 Å². The van der Waals surface area contributed by atoms with Gasteiger partial charge >= 0.3 is 39.5 Å². The summed E-state index contributed by atoms with van der Waals surface area (Å²) >= 11 is 0. The highest BCUT2D eigenvalue weighted by Gasteiger charge is 2.30. The quantitative estimate of drug-likeness (QED) is 0.0222. The minimum Gasteiger partial charge on any atom is -0.462 e. The molecule has 0 bridgehead atoms. The Balaban J connectivity index is 5.22. The van der Waals surface area contributed by atoms with Crippen molar-refractivity contribution in [1.29, 1.82) is 0 Å². The molecule has 93 heavy (non-hydrogen) atoms. The second-order valence-corrected chi connectivity index (χ2v) is 30.3. The average molecular weight is 1370 g/mol. The molecule has 0 aromatic heterocycles. The van der Waals surface area contributed by atoms with Gasteiger partial charge in [0.15, 0.2) is 12.2 Å². The molecule has 0 rings (SSSR count). The van der Waals surface area contributed by atoms with Gasteiger partial charge in [-0.25, -0.2) is 9.13 Å². The van der Waals surface area contributed by atoms with Gasteiger partial charge in [0.1, 0.15) is 19.3 Å². The molecule has 17 nitrogen and oxygen atoms in total. The topological polar surface area (TPSA) is 237 Å². The second kappa shape index (κ2) is 66.0. The van der Waals surface area contributed by atoms with Crippen LogP contribution in [-0.2, 0) is 65.4 Å². The Morgan fingerprint density at radius 3 is 0.817 bits per heavy atom. The van der Waals surface area contributed by atoms with Gasteiger partial charge in [0.25, 0.3) is 0 Å². The molecule has 0 amide bonds. The van der Waals surface area contributed by atoms with Crippen molar-refractivity contribution in [3.05, 3.63) is 0 Å². The molecule has 0 saturated carbocycles. The van der Waals surface area contributed by atoms with Gasteiger partial charge in [-0.1, -0.05) is 330 Å². The molecule has 0 radical (unpaired) electrons. The fraction of sp³-hybridized carbons (Fsp3) is 0.946. The molecular formula is C74H144O17P2. The Hall–Kier alpha value is -1.94. The lowest BCUT2D eigenvalue weighted by Gasteiger charge is -2.21. The van der Waals surface area contributed by atoms with E-state index in [4.69, 9.17) is 37.0 Å². The van der Waals surface area contributed by atoms with Crippen molar-refractivity contribution in [3.63, 3.8) is 0 Å². The van der Waals surface area contributed by atoms with Crippen LogP contribution in [0.5, 0.6) is 0 Å². The molecule has 3 N–H and O–H groups in total. The van der Waals surface area contributed by atoms with Crippen molar-refractivity contribution in [3.8, 4) is 0 Å². The number of aliphatic hydroxyl groups is 1. The predicted octanol–water partition coefficient (Wildman–Crippen LogP) is 21.6. The molecule has 0 aromatic carbocycles. The van der Waals surface area contributed by atoms with E-state index >= 15 is 0 Å². The first-order chi connectivity index (χ1) is 44.9. The van der Waals surface area contributed by atoms with E-state index in [0.717, 1.165) is 102 Å². The van der Waals surface area contributed by atoms with Gasteiger partial charge in [-0.05, 0) is 37.5 Å². The van der Waals surface area contributed by atoms with E-state index in [1.165, 1.54) is 199 Å². The summed E-state index contributed by atoms with van der Waals surface area (Å²) in [5.41, 5.74) is 0. The number of carbonyl (C=O) groups excluding carboxylic acids is 4. The maximum atomic E-state index is 13.1. The van der Waals surface area contributed by atoms with Crippen LogP contribution < -0.4 is 0 Å². The van der Waals surface area contributed by atoms with Crippen LogP contribution in [0, 0.1) is 11.8 Å². The lowest BCUT2D eigenvalue weighted by Crippen LogP contribution is -2.30. The summed E-state index contributed by atoms with van der Waals surface area (Å²) in [6, 6.07) is 0. The molecule has 0 aliphatic heterocycles. The van der Waals surface area contributed by atoms with Crippen LogP contribution >= 0.6 is 15.6 Å². The summed E-state index contributed by atoms with van der Waals surface area (Å²) in [6.07, 6.45) is 52.8. The van der Waals surface area contributed by atoms with Gasteiger partial charge in [0, 0.05) is 25.7 Å². The van der Waals surface area contributed by atoms with E-state index in [9.17, 15) is 43.2 Å². The smallest absolute Gasteiger partial charge is 0.462 e. The number of esters is 4. The van der Waals surface area contributed by atoms with Gasteiger partial charge in [0.05, 0.1) is 26.4 Å². The highest BCUT2D eigenvalue weighted by atomic mass is 31.2. The summed E-state index contributed by atoms with van der Waals surface area (Å²) in [7, 11) is -9.90. The van der Waals surface area contributed by atoms with Crippen molar-refractivity contribution >= 4 is 39.5 Å². The molecule has 0 aliphatic carbocycles. The van der Waals surface area contributed by atoms with Crippen molar-refractivity contribution in [2.24, 2.45) is 11.8 Å². The van der Waals surface area contributed by atoms with E-state index in [-0.39, 0.29) is 25.7 Å².